The lowest BCUT2D eigenvalue weighted by atomic mass is 10.1. The molecule has 3 heteroatoms. The summed E-state index contributed by atoms with van der Waals surface area (Å²) in [5.74, 6) is 0. The van der Waals surface area contributed by atoms with Crippen LogP contribution in [-0.2, 0) is 0 Å². The average Bonchev–Trinajstić information content (AvgIpc) is 2.29. The van der Waals surface area contributed by atoms with Crippen molar-refractivity contribution in [3.05, 3.63) is 53.7 Å². The molecule has 16 heavy (non-hydrogen) atoms. The summed E-state index contributed by atoms with van der Waals surface area (Å²) in [4.78, 5) is 15.3. The van der Waals surface area contributed by atoms with Crippen LogP contribution in [0.1, 0.15) is 15.9 Å². The zero-order valence-corrected chi connectivity index (χ0v) is 9.53. The average molecular weight is 232 g/mol. The highest BCUT2D eigenvalue weighted by atomic mass is 35.5. The maximum absolute atomic E-state index is 11.0. The number of aromatic nitrogens is 1. The first-order valence-corrected chi connectivity index (χ1v) is 5.27. The van der Waals surface area contributed by atoms with Crippen LogP contribution in [-0.4, -0.2) is 10.2 Å². The van der Waals surface area contributed by atoms with Gasteiger partial charge >= 0.3 is 0 Å². The van der Waals surface area contributed by atoms with Crippen LogP contribution in [0.2, 0.25) is 0 Å². The Kier molecular flexibility index (Phi) is 3.02. The summed E-state index contributed by atoms with van der Waals surface area (Å²) in [6.07, 6.45) is 1.75. The van der Waals surface area contributed by atoms with Gasteiger partial charge in [0.1, 0.15) is 0 Å². The third kappa shape index (κ3) is 2.28. The minimum Gasteiger partial charge on any atom is -0.276 e. The monoisotopic (exact) mass is 231 g/mol. The number of benzene rings is 1. The number of hydrogen-bond donors (Lipinski definition) is 0. The summed E-state index contributed by atoms with van der Waals surface area (Å²) in [5.41, 5.74) is 3.37. The highest BCUT2D eigenvalue weighted by molar-refractivity contribution is 6.67. The fourth-order valence-corrected chi connectivity index (χ4v) is 1.61. The molecule has 2 nitrogen and oxygen atoms in total. The standard InChI is InChI=1S/C13H10ClNO/c1-9-5-6-15-12(7-9)10-3-2-4-11(8-10)13(14)16/h2-8H,1H3. The molecular weight excluding hydrogens is 222 g/mol. The maximum Gasteiger partial charge on any atom is 0.252 e. The molecule has 0 unspecified atom stereocenters. The third-order valence-electron chi connectivity index (χ3n) is 2.30. The summed E-state index contributed by atoms with van der Waals surface area (Å²) in [6, 6.07) is 11.0. The van der Waals surface area contributed by atoms with Gasteiger partial charge in [0.15, 0.2) is 0 Å². The van der Waals surface area contributed by atoms with Crippen LogP contribution in [0.3, 0.4) is 0 Å². The topological polar surface area (TPSA) is 30.0 Å². The fraction of sp³-hybridized carbons (Fsp3) is 0.0769. The molecule has 1 heterocycles. The van der Waals surface area contributed by atoms with Crippen molar-refractivity contribution in [2.75, 3.05) is 0 Å². The van der Waals surface area contributed by atoms with Gasteiger partial charge in [-0.05, 0) is 42.3 Å². The zero-order chi connectivity index (χ0) is 11.5. The van der Waals surface area contributed by atoms with E-state index < -0.39 is 5.24 Å². The van der Waals surface area contributed by atoms with Crippen molar-refractivity contribution in [1.29, 1.82) is 0 Å². The van der Waals surface area contributed by atoms with Crippen LogP contribution >= 0.6 is 11.6 Å². The molecule has 0 amide bonds. The number of carbonyl (C=O) groups excluding carboxylic acids is 1. The van der Waals surface area contributed by atoms with Gasteiger partial charge in [-0.25, -0.2) is 0 Å². The minimum absolute atomic E-state index is 0.450. The van der Waals surface area contributed by atoms with Crippen molar-refractivity contribution >= 4 is 16.8 Å². The van der Waals surface area contributed by atoms with E-state index >= 15 is 0 Å². The van der Waals surface area contributed by atoms with E-state index in [1.54, 1.807) is 24.4 Å². The molecule has 0 atom stereocenters. The Morgan fingerprint density at radius 3 is 2.75 bits per heavy atom. The molecule has 2 rings (SSSR count). The third-order valence-corrected chi connectivity index (χ3v) is 2.52. The summed E-state index contributed by atoms with van der Waals surface area (Å²) >= 11 is 5.43. The first kappa shape index (κ1) is 10.8. The number of pyridine rings is 1. The van der Waals surface area contributed by atoms with E-state index in [1.807, 2.05) is 25.1 Å². The Morgan fingerprint density at radius 1 is 1.25 bits per heavy atom. The van der Waals surface area contributed by atoms with Gasteiger partial charge in [0.2, 0.25) is 0 Å². The second kappa shape index (κ2) is 4.45. The van der Waals surface area contributed by atoms with Crippen LogP contribution in [0.25, 0.3) is 11.3 Å². The number of rotatable bonds is 2. The van der Waals surface area contributed by atoms with Crippen LogP contribution < -0.4 is 0 Å². The van der Waals surface area contributed by atoms with E-state index in [2.05, 4.69) is 4.98 Å². The van der Waals surface area contributed by atoms with Crippen molar-refractivity contribution in [2.24, 2.45) is 0 Å². The predicted octanol–water partition coefficient (Wildman–Crippen LogP) is 3.44. The maximum atomic E-state index is 11.0. The molecule has 0 spiro atoms. The molecule has 0 aliphatic rings. The normalized spacial score (nSPS) is 10.1. The van der Waals surface area contributed by atoms with Gasteiger partial charge in [0.05, 0.1) is 5.69 Å². The molecule has 0 saturated heterocycles. The smallest absolute Gasteiger partial charge is 0.252 e. The van der Waals surface area contributed by atoms with Crippen molar-refractivity contribution in [3.8, 4) is 11.3 Å². The molecule has 2 aromatic rings. The molecule has 0 bridgehead atoms. The Bertz CT molecular complexity index is 537. The summed E-state index contributed by atoms with van der Waals surface area (Å²) in [7, 11) is 0. The van der Waals surface area contributed by atoms with Crippen LogP contribution in [0.15, 0.2) is 42.6 Å². The van der Waals surface area contributed by atoms with Gasteiger partial charge in [0.25, 0.3) is 5.24 Å². The summed E-state index contributed by atoms with van der Waals surface area (Å²) in [5, 5.41) is -0.450. The largest absolute Gasteiger partial charge is 0.276 e. The second-order valence-electron chi connectivity index (χ2n) is 3.57. The molecule has 0 aliphatic heterocycles. The summed E-state index contributed by atoms with van der Waals surface area (Å²) < 4.78 is 0. The van der Waals surface area contributed by atoms with Crippen LogP contribution in [0, 0.1) is 6.92 Å². The molecule has 0 aliphatic carbocycles. The van der Waals surface area contributed by atoms with Gasteiger partial charge in [-0.2, -0.15) is 0 Å². The molecular formula is C13H10ClNO. The van der Waals surface area contributed by atoms with E-state index in [4.69, 9.17) is 11.6 Å². The van der Waals surface area contributed by atoms with Crippen molar-refractivity contribution < 1.29 is 4.79 Å². The van der Waals surface area contributed by atoms with Gasteiger partial charge in [-0.3, -0.25) is 9.78 Å². The van der Waals surface area contributed by atoms with Crippen LogP contribution in [0.4, 0.5) is 0 Å². The molecule has 0 radical (unpaired) electrons. The van der Waals surface area contributed by atoms with E-state index in [-0.39, 0.29) is 0 Å². The zero-order valence-electron chi connectivity index (χ0n) is 8.77. The Hall–Kier alpha value is -1.67. The number of halogens is 1. The first-order chi connectivity index (χ1) is 7.66. The molecule has 0 N–H and O–H groups in total. The Labute approximate surface area is 98.9 Å². The molecule has 0 fully saturated rings. The number of carbonyl (C=O) groups is 1. The van der Waals surface area contributed by atoms with Crippen molar-refractivity contribution in [2.45, 2.75) is 6.92 Å². The molecule has 0 saturated carbocycles. The van der Waals surface area contributed by atoms with Crippen LogP contribution in [0.5, 0.6) is 0 Å². The highest BCUT2D eigenvalue weighted by Crippen LogP contribution is 2.19. The van der Waals surface area contributed by atoms with Crippen molar-refractivity contribution in [3.63, 3.8) is 0 Å². The SMILES string of the molecule is Cc1ccnc(-c2cccc(C(=O)Cl)c2)c1. The van der Waals surface area contributed by atoms with Crippen molar-refractivity contribution in [1.82, 2.24) is 4.98 Å². The lowest BCUT2D eigenvalue weighted by Gasteiger charge is -2.02. The van der Waals surface area contributed by atoms with Gasteiger partial charge in [0, 0.05) is 17.3 Å². The quantitative estimate of drug-likeness (QED) is 0.742. The lowest BCUT2D eigenvalue weighted by Crippen LogP contribution is -1.90. The highest BCUT2D eigenvalue weighted by Gasteiger charge is 2.04. The molecule has 1 aromatic heterocycles. The van der Waals surface area contributed by atoms with E-state index in [9.17, 15) is 4.79 Å². The van der Waals surface area contributed by atoms with Gasteiger partial charge in [-0.1, -0.05) is 18.2 Å². The summed E-state index contributed by atoms with van der Waals surface area (Å²) in [6.45, 7) is 2.00. The lowest BCUT2D eigenvalue weighted by molar-refractivity contribution is 0.108. The first-order valence-electron chi connectivity index (χ1n) is 4.90. The van der Waals surface area contributed by atoms with E-state index in [0.717, 1.165) is 16.8 Å². The Morgan fingerprint density at radius 2 is 2.06 bits per heavy atom. The Balaban J connectivity index is 2.48. The van der Waals surface area contributed by atoms with Gasteiger partial charge in [-0.15, -0.1) is 0 Å². The number of aryl methyl sites for hydroxylation is 1. The number of nitrogens with zero attached hydrogens (tertiary/aromatic N) is 1. The predicted molar refractivity (Wildman–Crippen MR) is 64.6 cm³/mol. The van der Waals surface area contributed by atoms with E-state index in [1.165, 1.54) is 0 Å². The second-order valence-corrected chi connectivity index (χ2v) is 3.92. The van der Waals surface area contributed by atoms with E-state index in [0.29, 0.717) is 5.56 Å². The molecule has 80 valence electrons. The number of hydrogen-bond acceptors (Lipinski definition) is 2. The molecule has 1 aromatic carbocycles. The fourth-order valence-electron chi connectivity index (χ4n) is 1.49. The van der Waals surface area contributed by atoms with Gasteiger partial charge < -0.3 is 0 Å². The minimum atomic E-state index is -0.450.